The molecule has 0 spiro atoms. The van der Waals surface area contributed by atoms with Crippen LogP contribution in [-0.2, 0) is 4.79 Å². The van der Waals surface area contributed by atoms with Crippen LogP contribution in [0.4, 0.5) is 0 Å². The molecule has 0 rings (SSSR count). The maximum Gasteiger partial charge on any atom is 0.236 e. The van der Waals surface area contributed by atoms with E-state index in [1.165, 1.54) is 0 Å². The summed E-state index contributed by atoms with van der Waals surface area (Å²) < 4.78 is 0. The van der Waals surface area contributed by atoms with Crippen LogP contribution in [0.15, 0.2) is 0 Å². The fourth-order valence-corrected chi connectivity index (χ4v) is 1.52. The summed E-state index contributed by atoms with van der Waals surface area (Å²) in [5.41, 5.74) is 5.52. The molecule has 0 aliphatic heterocycles. The van der Waals surface area contributed by atoms with Gasteiger partial charge in [0.15, 0.2) is 0 Å². The Labute approximate surface area is 93.2 Å². The topological polar surface area (TPSA) is 58.4 Å². The van der Waals surface area contributed by atoms with E-state index in [1.54, 1.807) is 6.92 Å². The van der Waals surface area contributed by atoms with Gasteiger partial charge in [0, 0.05) is 12.6 Å². The maximum absolute atomic E-state index is 11.5. The quantitative estimate of drug-likeness (QED) is 0.675. The minimum atomic E-state index is -0.429. The van der Waals surface area contributed by atoms with E-state index in [2.05, 4.69) is 24.1 Å². The number of nitrogens with two attached hydrogens (primary N) is 1. The highest BCUT2D eigenvalue weighted by atomic mass is 16.2. The minimum absolute atomic E-state index is 0.0671. The summed E-state index contributed by atoms with van der Waals surface area (Å²) in [7, 11) is 4.01. The highest BCUT2D eigenvalue weighted by molar-refractivity contribution is 5.81. The van der Waals surface area contributed by atoms with Gasteiger partial charge in [0.2, 0.25) is 5.91 Å². The van der Waals surface area contributed by atoms with E-state index in [0.29, 0.717) is 5.92 Å². The van der Waals surface area contributed by atoms with Crippen molar-refractivity contribution in [3.63, 3.8) is 0 Å². The van der Waals surface area contributed by atoms with Crippen LogP contribution in [0.5, 0.6) is 0 Å². The van der Waals surface area contributed by atoms with Gasteiger partial charge >= 0.3 is 0 Å². The number of hydrogen-bond donors (Lipinski definition) is 2. The number of likely N-dealkylation sites (N-methyl/N-ethyl adjacent to an activating group) is 1. The zero-order chi connectivity index (χ0) is 12.0. The summed E-state index contributed by atoms with van der Waals surface area (Å²) >= 11 is 0. The molecule has 0 fully saturated rings. The maximum atomic E-state index is 11.5. The van der Waals surface area contributed by atoms with Crippen molar-refractivity contribution in [1.82, 2.24) is 10.2 Å². The predicted octanol–water partition coefficient (Wildman–Crippen LogP) is 0.426. The van der Waals surface area contributed by atoms with Crippen molar-refractivity contribution < 1.29 is 4.79 Å². The summed E-state index contributed by atoms with van der Waals surface area (Å²) in [5.74, 6) is 0.505. The molecule has 0 saturated heterocycles. The van der Waals surface area contributed by atoms with E-state index < -0.39 is 6.04 Å². The number of amides is 1. The van der Waals surface area contributed by atoms with E-state index >= 15 is 0 Å². The molecule has 3 N–H and O–H groups in total. The van der Waals surface area contributed by atoms with E-state index in [9.17, 15) is 4.79 Å². The van der Waals surface area contributed by atoms with Crippen LogP contribution in [0.1, 0.15) is 27.2 Å². The van der Waals surface area contributed by atoms with Crippen molar-refractivity contribution in [3.8, 4) is 0 Å². The number of carbonyl (C=O) groups excluding carboxylic acids is 1. The third-order valence-corrected chi connectivity index (χ3v) is 2.10. The van der Waals surface area contributed by atoms with Crippen molar-refractivity contribution >= 4 is 5.91 Å². The molecule has 2 atom stereocenters. The average molecular weight is 215 g/mol. The molecule has 0 saturated carbocycles. The predicted molar refractivity (Wildman–Crippen MR) is 63.6 cm³/mol. The Morgan fingerprint density at radius 3 is 2.20 bits per heavy atom. The summed E-state index contributed by atoms with van der Waals surface area (Å²) in [6.45, 7) is 6.87. The molecular formula is C11H25N3O. The van der Waals surface area contributed by atoms with E-state index in [4.69, 9.17) is 5.73 Å². The lowest BCUT2D eigenvalue weighted by Crippen LogP contribution is -2.48. The number of carbonyl (C=O) groups is 1. The van der Waals surface area contributed by atoms with Gasteiger partial charge in [-0.15, -0.1) is 0 Å². The molecule has 4 heteroatoms. The molecule has 0 aromatic heterocycles. The lowest BCUT2D eigenvalue weighted by Gasteiger charge is -2.24. The van der Waals surface area contributed by atoms with E-state index in [0.717, 1.165) is 13.0 Å². The van der Waals surface area contributed by atoms with Gasteiger partial charge in [-0.25, -0.2) is 0 Å². The van der Waals surface area contributed by atoms with Gasteiger partial charge in [-0.05, 0) is 33.4 Å². The molecule has 0 heterocycles. The number of nitrogens with zero attached hydrogens (tertiary/aromatic N) is 1. The van der Waals surface area contributed by atoms with E-state index in [-0.39, 0.29) is 11.9 Å². The highest BCUT2D eigenvalue weighted by Crippen LogP contribution is 2.05. The molecule has 90 valence electrons. The van der Waals surface area contributed by atoms with Crippen LogP contribution in [0.2, 0.25) is 0 Å². The molecule has 15 heavy (non-hydrogen) atoms. The fraction of sp³-hybridized carbons (Fsp3) is 0.909. The first-order valence-electron chi connectivity index (χ1n) is 5.53. The first kappa shape index (κ1) is 14.4. The van der Waals surface area contributed by atoms with Gasteiger partial charge < -0.3 is 16.0 Å². The summed E-state index contributed by atoms with van der Waals surface area (Å²) in [6.07, 6.45) is 0.983. The van der Waals surface area contributed by atoms with Crippen LogP contribution in [-0.4, -0.2) is 43.5 Å². The number of rotatable bonds is 6. The molecular weight excluding hydrogens is 190 g/mol. The van der Waals surface area contributed by atoms with Crippen LogP contribution < -0.4 is 11.1 Å². The van der Waals surface area contributed by atoms with Gasteiger partial charge in [-0.2, -0.15) is 0 Å². The van der Waals surface area contributed by atoms with Crippen molar-refractivity contribution in [2.24, 2.45) is 11.7 Å². The minimum Gasteiger partial charge on any atom is -0.351 e. The molecule has 0 aromatic rings. The van der Waals surface area contributed by atoms with Crippen molar-refractivity contribution in [1.29, 1.82) is 0 Å². The number of hydrogen-bond acceptors (Lipinski definition) is 3. The van der Waals surface area contributed by atoms with Crippen LogP contribution in [0.25, 0.3) is 0 Å². The first-order chi connectivity index (χ1) is 6.82. The van der Waals surface area contributed by atoms with Crippen LogP contribution in [0, 0.1) is 5.92 Å². The number of nitrogens with one attached hydrogen (secondary N) is 1. The second-order valence-corrected chi connectivity index (χ2v) is 4.89. The molecule has 0 aliphatic rings. The Bertz CT molecular complexity index is 180. The molecule has 0 aromatic carbocycles. The SMILES string of the molecule is CC(C)CC(CN(C)C)NC(=O)C(C)N. The Balaban J connectivity index is 4.17. The average Bonchev–Trinajstić information content (AvgIpc) is 2.00. The zero-order valence-corrected chi connectivity index (χ0v) is 10.6. The Hall–Kier alpha value is -0.610. The Kier molecular flexibility index (Phi) is 6.52. The van der Waals surface area contributed by atoms with Gasteiger partial charge in [0.05, 0.1) is 6.04 Å². The molecule has 1 amide bonds. The van der Waals surface area contributed by atoms with Crippen molar-refractivity contribution in [2.75, 3.05) is 20.6 Å². The summed E-state index contributed by atoms with van der Waals surface area (Å²) in [4.78, 5) is 13.5. The second kappa shape index (κ2) is 6.80. The van der Waals surface area contributed by atoms with Crippen molar-refractivity contribution in [3.05, 3.63) is 0 Å². The standard InChI is InChI=1S/C11H25N3O/c1-8(2)6-10(7-14(4)5)13-11(15)9(3)12/h8-10H,6-7,12H2,1-5H3,(H,13,15). The second-order valence-electron chi connectivity index (χ2n) is 4.89. The normalized spacial score (nSPS) is 15.5. The first-order valence-corrected chi connectivity index (χ1v) is 5.53. The van der Waals surface area contributed by atoms with Gasteiger partial charge in [-0.3, -0.25) is 4.79 Å². The lowest BCUT2D eigenvalue weighted by atomic mass is 10.0. The van der Waals surface area contributed by atoms with E-state index in [1.807, 2.05) is 14.1 Å². The summed E-state index contributed by atoms with van der Waals surface area (Å²) in [5, 5.41) is 2.97. The lowest BCUT2D eigenvalue weighted by molar-refractivity contribution is -0.122. The van der Waals surface area contributed by atoms with Gasteiger partial charge in [0.1, 0.15) is 0 Å². The zero-order valence-electron chi connectivity index (χ0n) is 10.6. The smallest absolute Gasteiger partial charge is 0.236 e. The largest absolute Gasteiger partial charge is 0.351 e. The molecule has 0 radical (unpaired) electrons. The Morgan fingerprint density at radius 2 is 1.87 bits per heavy atom. The third kappa shape index (κ3) is 7.33. The summed E-state index contributed by atoms with van der Waals surface area (Å²) in [6, 6.07) is -0.236. The molecule has 2 unspecified atom stereocenters. The molecule has 0 bridgehead atoms. The van der Waals surface area contributed by atoms with Gasteiger partial charge in [-0.1, -0.05) is 13.8 Å². The van der Waals surface area contributed by atoms with Gasteiger partial charge in [0.25, 0.3) is 0 Å². The Morgan fingerprint density at radius 1 is 1.33 bits per heavy atom. The molecule has 0 aliphatic carbocycles. The van der Waals surface area contributed by atoms with Crippen LogP contribution in [0.3, 0.4) is 0 Å². The monoisotopic (exact) mass is 215 g/mol. The highest BCUT2D eigenvalue weighted by Gasteiger charge is 2.16. The fourth-order valence-electron chi connectivity index (χ4n) is 1.52. The van der Waals surface area contributed by atoms with Crippen molar-refractivity contribution in [2.45, 2.75) is 39.3 Å². The van der Waals surface area contributed by atoms with Crippen LogP contribution >= 0.6 is 0 Å². The third-order valence-electron chi connectivity index (χ3n) is 2.10. The molecule has 4 nitrogen and oxygen atoms in total.